The molecule has 0 aliphatic carbocycles. The van der Waals surface area contributed by atoms with Crippen LogP contribution in [0.15, 0.2) is 24.3 Å². The summed E-state index contributed by atoms with van der Waals surface area (Å²) in [6, 6.07) is 5.62. The number of hydrogen-bond acceptors (Lipinski definition) is 6. The third kappa shape index (κ3) is 6.14. The number of ketones is 1. The van der Waals surface area contributed by atoms with E-state index in [9.17, 15) is 19.2 Å². The van der Waals surface area contributed by atoms with Gasteiger partial charge >= 0.3 is 0 Å². The zero-order valence-electron chi connectivity index (χ0n) is 22.5. The van der Waals surface area contributed by atoms with Crippen LogP contribution in [0.1, 0.15) is 56.3 Å². The second-order valence-electron chi connectivity index (χ2n) is 11.3. The molecule has 0 bridgehead atoms. The number of anilines is 1. The maximum absolute atomic E-state index is 13.7. The quantitative estimate of drug-likeness (QED) is 0.551. The largest absolute Gasteiger partial charge is 0.378 e. The van der Waals surface area contributed by atoms with Crippen molar-refractivity contribution in [2.75, 3.05) is 45.2 Å². The Morgan fingerprint density at radius 1 is 1.05 bits per heavy atom. The molecule has 2 N–H and O–H groups in total. The summed E-state index contributed by atoms with van der Waals surface area (Å²) in [6.07, 6.45) is 3.47. The molecule has 37 heavy (non-hydrogen) atoms. The first-order valence-electron chi connectivity index (χ1n) is 13.6. The van der Waals surface area contributed by atoms with Crippen LogP contribution >= 0.6 is 0 Å². The van der Waals surface area contributed by atoms with E-state index in [1.54, 1.807) is 21.9 Å². The molecule has 1 aromatic rings. The van der Waals surface area contributed by atoms with Gasteiger partial charge < -0.3 is 25.3 Å². The first-order valence-corrected chi connectivity index (χ1v) is 13.6. The smallest absolute Gasteiger partial charge is 0.251 e. The highest BCUT2D eigenvalue weighted by atomic mass is 16.2. The van der Waals surface area contributed by atoms with Crippen molar-refractivity contribution in [3.8, 4) is 0 Å². The number of fused-ring (bicyclic) bond motifs is 1. The van der Waals surface area contributed by atoms with Gasteiger partial charge in [-0.3, -0.25) is 19.2 Å². The van der Waals surface area contributed by atoms with Crippen molar-refractivity contribution >= 4 is 29.2 Å². The summed E-state index contributed by atoms with van der Waals surface area (Å²) in [6.45, 7) is 6.35. The first-order chi connectivity index (χ1) is 17.7. The summed E-state index contributed by atoms with van der Waals surface area (Å²) in [7, 11) is 3.87. The van der Waals surface area contributed by atoms with Gasteiger partial charge in [-0.15, -0.1) is 0 Å². The Kier molecular flexibility index (Phi) is 8.52. The van der Waals surface area contributed by atoms with Gasteiger partial charge in [-0.1, -0.05) is 13.8 Å². The zero-order chi connectivity index (χ0) is 26.7. The summed E-state index contributed by atoms with van der Waals surface area (Å²) in [5, 5.41) is 6.25. The van der Waals surface area contributed by atoms with E-state index in [4.69, 9.17) is 0 Å². The summed E-state index contributed by atoms with van der Waals surface area (Å²) in [5.41, 5.74) is 1.46. The number of hydrogen-bond donors (Lipinski definition) is 2. The Hall–Kier alpha value is -2.94. The molecule has 3 saturated heterocycles. The molecule has 4 rings (SSSR count). The van der Waals surface area contributed by atoms with Gasteiger partial charge in [-0.25, -0.2) is 0 Å². The van der Waals surface area contributed by atoms with Gasteiger partial charge in [0.2, 0.25) is 11.8 Å². The minimum Gasteiger partial charge on any atom is -0.378 e. The van der Waals surface area contributed by atoms with Crippen molar-refractivity contribution in [1.82, 2.24) is 20.4 Å². The van der Waals surface area contributed by atoms with Crippen molar-refractivity contribution < 1.29 is 19.2 Å². The number of amides is 3. The fourth-order valence-electron chi connectivity index (χ4n) is 5.89. The molecule has 9 heteroatoms. The van der Waals surface area contributed by atoms with Crippen molar-refractivity contribution in [2.45, 2.75) is 64.1 Å². The second-order valence-corrected chi connectivity index (χ2v) is 11.3. The predicted octanol–water partition coefficient (Wildman–Crippen LogP) is 1.67. The van der Waals surface area contributed by atoms with Crippen LogP contribution in [0.4, 0.5) is 5.69 Å². The molecule has 3 unspecified atom stereocenters. The standard InChI is InChI=1S/C28H41N5O4/c1-18(2)15-22(30-27(36)20-5-7-21(8-6-20)31(3)4)28(37)32-14-11-23-26(32)24(34)17-33(23)25(35)16-19-9-12-29-13-10-19/h5-8,18-19,22-23,26,29H,9-17H2,1-4H3,(H,30,36). The van der Waals surface area contributed by atoms with Gasteiger partial charge in [0.25, 0.3) is 5.91 Å². The van der Waals surface area contributed by atoms with Crippen LogP contribution in [0.3, 0.4) is 0 Å². The molecular weight excluding hydrogens is 470 g/mol. The van der Waals surface area contributed by atoms with Crippen molar-refractivity contribution in [2.24, 2.45) is 11.8 Å². The minimum atomic E-state index is -0.730. The Morgan fingerprint density at radius 2 is 1.73 bits per heavy atom. The number of carbonyl (C=O) groups is 4. The Bertz CT molecular complexity index is 1000. The van der Waals surface area contributed by atoms with Gasteiger partial charge in [0.05, 0.1) is 12.6 Å². The maximum atomic E-state index is 13.7. The summed E-state index contributed by atoms with van der Waals surface area (Å²) in [4.78, 5) is 58.2. The summed E-state index contributed by atoms with van der Waals surface area (Å²) >= 11 is 0. The average Bonchev–Trinajstić information content (AvgIpc) is 3.45. The van der Waals surface area contributed by atoms with Gasteiger partial charge in [-0.2, -0.15) is 0 Å². The average molecular weight is 512 g/mol. The molecule has 0 aromatic heterocycles. The van der Waals surface area contributed by atoms with Crippen LogP contribution in [-0.2, 0) is 14.4 Å². The van der Waals surface area contributed by atoms with Gasteiger partial charge in [-0.05, 0) is 74.9 Å². The molecule has 1 aromatic carbocycles. The van der Waals surface area contributed by atoms with Crippen LogP contribution in [0, 0.1) is 11.8 Å². The van der Waals surface area contributed by atoms with Gasteiger partial charge in [0.1, 0.15) is 12.1 Å². The topological polar surface area (TPSA) is 102 Å². The molecule has 3 heterocycles. The number of benzene rings is 1. The predicted molar refractivity (Wildman–Crippen MR) is 142 cm³/mol. The summed E-state index contributed by atoms with van der Waals surface area (Å²) < 4.78 is 0. The number of rotatable bonds is 8. The molecule has 3 fully saturated rings. The van der Waals surface area contributed by atoms with E-state index < -0.39 is 12.1 Å². The van der Waals surface area contributed by atoms with E-state index in [0.717, 1.165) is 31.6 Å². The SMILES string of the molecule is CC(C)CC(NC(=O)c1ccc(N(C)C)cc1)C(=O)N1CCC2C1C(=O)CN2C(=O)CC1CCNCC1. The van der Waals surface area contributed by atoms with Gasteiger partial charge in [0, 0.05) is 38.3 Å². The molecular formula is C28H41N5O4. The first kappa shape index (κ1) is 27.1. The maximum Gasteiger partial charge on any atom is 0.251 e. The van der Waals surface area contributed by atoms with Crippen molar-refractivity contribution in [3.63, 3.8) is 0 Å². The molecule has 3 aliphatic heterocycles. The van der Waals surface area contributed by atoms with Crippen LogP contribution < -0.4 is 15.5 Å². The number of Topliss-reactive ketones (excluding diaryl/α,β-unsaturated/α-hetero) is 1. The third-order valence-electron chi connectivity index (χ3n) is 7.90. The molecule has 3 amide bonds. The summed E-state index contributed by atoms with van der Waals surface area (Å²) in [5.74, 6) is -0.0822. The molecule has 0 saturated carbocycles. The van der Waals surface area contributed by atoms with Crippen molar-refractivity contribution in [3.05, 3.63) is 29.8 Å². The highest BCUT2D eigenvalue weighted by Crippen LogP contribution is 2.32. The second kappa shape index (κ2) is 11.6. The Morgan fingerprint density at radius 3 is 2.35 bits per heavy atom. The number of carbonyl (C=O) groups excluding carboxylic acids is 4. The Balaban J connectivity index is 1.43. The Labute approximate surface area is 219 Å². The lowest BCUT2D eigenvalue weighted by Gasteiger charge is -2.29. The lowest BCUT2D eigenvalue weighted by Crippen LogP contribution is -2.53. The fourth-order valence-corrected chi connectivity index (χ4v) is 5.89. The van der Waals surface area contributed by atoms with E-state index in [0.29, 0.717) is 37.3 Å². The van der Waals surface area contributed by atoms with Crippen molar-refractivity contribution in [1.29, 1.82) is 0 Å². The molecule has 3 aliphatic rings. The van der Waals surface area contributed by atoms with E-state index in [1.807, 2.05) is 45.0 Å². The zero-order valence-corrected chi connectivity index (χ0v) is 22.5. The van der Waals surface area contributed by atoms with Crippen LogP contribution in [0.2, 0.25) is 0 Å². The van der Waals surface area contributed by atoms with Crippen LogP contribution in [-0.4, -0.2) is 91.7 Å². The third-order valence-corrected chi connectivity index (χ3v) is 7.90. The molecule has 9 nitrogen and oxygen atoms in total. The fraction of sp³-hybridized carbons (Fsp3) is 0.643. The van der Waals surface area contributed by atoms with E-state index >= 15 is 0 Å². The van der Waals surface area contributed by atoms with E-state index in [1.165, 1.54) is 0 Å². The van der Waals surface area contributed by atoms with E-state index in [2.05, 4.69) is 10.6 Å². The monoisotopic (exact) mass is 511 g/mol. The van der Waals surface area contributed by atoms with Crippen LogP contribution in [0.25, 0.3) is 0 Å². The molecule has 3 atom stereocenters. The van der Waals surface area contributed by atoms with E-state index in [-0.39, 0.29) is 42.0 Å². The highest BCUT2D eigenvalue weighted by molar-refractivity contribution is 6.01. The molecule has 202 valence electrons. The normalized spacial score (nSPS) is 22.8. The number of nitrogens with one attached hydrogen (secondary N) is 2. The number of likely N-dealkylation sites (tertiary alicyclic amines) is 2. The van der Waals surface area contributed by atoms with Gasteiger partial charge in [0.15, 0.2) is 5.78 Å². The minimum absolute atomic E-state index is 0.0234. The number of piperidine rings is 1. The molecule has 0 radical (unpaired) electrons. The molecule has 0 spiro atoms. The lowest BCUT2D eigenvalue weighted by molar-refractivity contribution is -0.138. The lowest BCUT2D eigenvalue weighted by atomic mass is 9.94. The number of nitrogens with zero attached hydrogens (tertiary/aromatic N) is 3. The van der Waals surface area contributed by atoms with Crippen LogP contribution in [0.5, 0.6) is 0 Å². The highest BCUT2D eigenvalue weighted by Gasteiger charge is 2.52.